The minimum absolute atomic E-state index is 0.0575. The minimum atomic E-state index is -1.39. The SMILES string of the molecule is C#CCCCCCCCCCC1(C(=O)O)CC(CCCCCCCCC(=O)O)[N+](C)(CCOCCOCCOCCOCCOCCOCCOCCOCCOCCOCCOCCOCCOCCOCCOCCOCCOCCOCCOCCOCCOCCOCCOCCC)C1=O. The molecule has 0 aromatic heterocycles. The fraction of sp³-hybridized carbons (Fsp3) is 0.933. The molecule has 0 bridgehead atoms. The van der Waals surface area contributed by atoms with Gasteiger partial charge in [0, 0.05) is 25.9 Å². The Morgan fingerprint density at radius 1 is 0.346 bits per heavy atom. The molecule has 614 valence electrons. The number of likely N-dealkylation sites (tertiary alicyclic amines) is 1. The van der Waals surface area contributed by atoms with Gasteiger partial charge in [0.2, 0.25) is 0 Å². The van der Waals surface area contributed by atoms with Gasteiger partial charge in [-0.1, -0.05) is 71.1 Å². The Bertz CT molecular complexity index is 1870. The van der Waals surface area contributed by atoms with Gasteiger partial charge in [0.05, 0.1) is 310 Å². The van der Waals surface area contributed by atoms with Crippen molar-refractivity contribution in [2.75, 3.05) is 318 Å². The van der Waals surface area contributed by atoms with E-state index in [1.165, 1.54) is 0 Å². The molecular weight excluding hydrogens is 1360 g/mol. The maximum Gasteiger partial charge on any atom is 0.331 e. The van der Waals surface area contributed by atoms with Crippen LogP contribution in [-0.4, -0.2) is 356 Å². The van der Waals surface area contributed by atoms with Crippen LogP contribution in [0.3, 0.4) is 0 Å². The van der Waals surface area contributed by atoms with Gasteiger partial charge in [-0.3, -0.25) is 14.1 Å². The summed E-state index contributed by atoms with van der Waals surface area (Å²) < 4.78 is 128. The van der Waals surface area contributed by atoms with E-state index in [4.69, 9.17) is 120 Å². The molecule has 1 aliphatic heterocycles. The van der Waals surface area contributed by atoms with Crippen molar-refractivity contribution < 1.29 is 138 Å². The Balaban J connectivity index is 1.80. The predicted octanol–water partition coefficient (Wildman–Crippen LogP) is 6.94. The van der Waals surface area contributed by atoms with Gasteiger partial charge in [-0.05, 0) is 38.5 Å². The van der Waals surface area contributed by atoms with E-state index in [2.05, 4.69) is 12.8 Å². The summed E-state index contributed by atoms with van der Waals surface area (Å²) in [7, 11) is 1.89. The zero-order valence-corrected chi connectivity index (χ0v) is 64.3. The molecule has 0 aromatic rings. The first kappa shape index (κ1) is 99.2. The highest BCUT2D eigenvalue weighted by atomic mass is 16.6. The van der Waals surface area contributed by atoms with Crippen LogP contribution in [0, 0.1) is 17.8 Å². The largest absolute Gasteiger partial charge is 0.481 e. The van der Waals surface area contributed by atoms with E-state index in [1.807, 2.05) is 7.05 Å². The Morgan fingerprint density at radius 3 is 0.808 bits per heavy atom. The number of aliphatic carboxylic acids is 2. The monoisotopic (exact) mass is 1500 g/mol. The number of carboxylic acid groups (broad SMARTS) is 2. The highest BCUT2D eigenvalue weighted by molar-refractivity contribution is 6.00. The minimum Gasteiger partial charge on any atom is -0.481 e. The maximum absolute atomic E-state index is 14.3. The van der Waals surface area contributed by atoms with E-state index >= 15 is 0 Å². The molecule has 1 saturated heterocycles. The van der Waals surface area contributed by atoms with E-state index in [1.54, 1.807) is 0 Å². The summed E-state index contributed by atoms with van der Waals surface area (Å²) in [5, 5.41) is 19.5. The van der Waals surface area contributed by atoms with Gasteiger partial charge in [0.15, 0.2) is 5.41 Å². The summed E-state index contributed by atoms with van der Waals surface area (Å²) in [6.07, 6.45) is 21.1. The van der Waals surface area contributed by atoms with E-state index in [0.29, 0.717) is 330 Å². The first-order valence-electron chi connectivity index (χ1n) is 38.8. The van der Waals surface area contributed by atoms with Crippen molar-refractivity contribution in [3.63, 3.8) is 0 Å². The van der Waals surface area contributed by atoms with Gasteiger partial charge in [0.25, 0.3) is 0 Å². The Labute approximate surface area is 623 Å². The van der Waals surface area contributed by atoms with Crippen molar-refractivity contribution in [1.82, 2.24) is 0 Å². The molecule has 29 nitrogen and oxygen atoms in total. The standard InChI is InChI=1S/C75H141NO28/c1-4-6-7-8-9-10-13-16-19-22-75(74(80)81)70-71(20-17-14-11-12-15-18-21-72(77)78)76(3,73(75)79)23-25-83-27-29-85-31-33-87-35-37-89-39-41-91-43-45-93-47-49-95-51-53-97-55-57-99-59-61-101-63-65-103-67-69-104-68-66-102-64-62-100-60-58-98-56-54-96-52-50-94-48-46-92-44-42-90-40-38-88-36-34-86-32-30-84-28-26-82-24-5-2/h1,71H,5-70H2,2-3H3,(H-,77,78,80,81)/p+1. The lowest BCUT2D eigenvalue weighted by Crippen LogP contribution is -2.55. The normalized spacial score (nSPS) is 16.0. The topological polar surface area (TPSA) is 304 Å². The first-order chi connectivity index (χ1) is 51.2. The van der Waals surface area contributed by atoms with Crippen molar-refractivity contribution >= 4 is 17.8 Å². The molecule has 1 fully saturated rings. The number of terminal acetylenes is 1. The Morgan fingerprint density at radius 2 is 0.567 bits per heavy atom. The summed E-state index contributed by atoms with van der Waals surface area (Å²) in [5.41, 5.74) is -1.39. The maximum atomic E-state index is 14.3. The number of carbonyl (C=O) groups excluding carboxylic acids is 1. The van der Waals surface area contributed by atoms with Crippen LogP contribution in [0.25, 0.3) is 0 Å². The van der Waals surface area contributed by atoms with Crippen molar-refractivity contribution in [1.29, 1.82) is 0 Å². The second-order valence-electron chi connectivity index (χ2n) is 24.9. The number of rotatable bonds is 90. The molecule has 104 heavy (non-hydrogen) atoms. The molecule has 0 radical (unpaired) electrons. The summed E-state index contributed by atoms with van der Waals surface area (Å²) in [6, 6.07) is -0.109. The van der Waals surface area contributed by atoms with Crippen molar-refractivity contribution in [3.8, 4) is 12.3 Å². The molecule has 1 aliphatic rings. The van der Waals surface area contributed by atoms with Crippen LogP contribution in [0.4, 0.5) is 0 Å². The highest BCUT2D eigenvalue weighted by Crippen LogP contribution is 2.46. The molecular formula is C75H142NO28+. The van der Waals surface area contributed by atoms with Crippen LogP contribution >= 0.6 is 0 Å². The van der Waals surface area contributed by atoms with Gasteiger partial charge < -0.3 is 119 Å². The summed E-state index contributed by atoms with van der Waals surface area (Å²) >= 11 is 0. The number of carbonyl (C=O) groups is 3. The molecule has 29 heteroatoms. The number of hydrogen-bond donors (Lipinski definition) is 2. The number of amides is 1. The van der Waals surface area contributed by atoms with Gasteiger partial charge in [-0.2, -0.15) is 0 Å². The Kier molecular flexibility index (Phi) is 76.1. The average Bonchev–Trinajstić information content (AvgIpc) is 1.58. The summed E-state index contributed by atoms with van der Waals surface area (Å²) in [6.45, 7) is 24.5. The van der Waals surface area contributed by atoms with Gasteiger partial charge in [-0.25, -0.2) is 4.79 Å². The van der Waals surface area contributed by atoms with Crippen LogP contribution in [-0.2, 0) is 123 Å². The van der Waals surface area contributed by atoms with Crippen molar-refractivity contribution in [2.45, 2.75) is 135 Å². The third-order valence-electron chi connectivity index (χ3n) is 16.5. The van der Waals surface area contributed by atoms with Crippen LogP contribution < -0.4 is 0 Å². The molecule has 3 unspecified atom stereocenters. The van der Waals surface area contributed by atoms with Gasteiger partial charge in [0.1, 0.15) is 6.54 Å². The average molecular weight is 1510 g/mol. The fourth-order valence-corrected chi connectivity index (χ4v) is 10.8. The number of carboxylic acids is 2. The van der Waals surface area contributed by atoms with Crippen LogP contribution in [0.5, 0.6) is 0 Å². The number of quaternary nitrogens is 1. The zero-order chi connectivity index (χ0) is 74.9. The number of nitrogens with zero attached hydrogens (tertiary/aromatic N) is 1. The predicted molar refractivity (Wildman–Crippen MR) is 389 cm³/mol. The van der Waals surface area contributed by atoms with Crippen molar-refractivity contribution in [3.05, 3.63) is 0 Å². The first-order valence-corrected chi connectivity index (χ1v) is 38.8. The molecule has 0 spiro atoms. The molecule has 1 rings (SSSR count). The second kappa shape index (κ2) is 79.8. The summed E-state index contributed by atoms with van der Waals surface area (Å²) in [4.78, 5) is 38.1. The fourth-order valence-electron chi connectivity index (χ4n) is 10.8. The van der Waals surface area contributed by atoms with Gasteiger partial charge >= 0.3 is 17.8 Å². The molecule has 2 N–H and O–H groups in total. The number of likely N-dealkylation sites (N-methyl/N-ethyl adjacent to an activating group) is 1. The second-order valence-corrected chi connectivity index (χ2v) is 24.9. The third-order valence-corrected chi connectivity index (χ3v) is 16.5. The van der Waals surface area contributed by atoms with Crippen LogP contribution in [0.15, 0.2) is 0 Å². The van der Waals surface area contributed by atoms with Crippen LogP contribution in [0.2, 0.25) is 0 Å². The number of hydrogen-bond acceptors (Lipinski definition) is 26. The molecule has 0 aromatic carbocycles. The third kappa shape index (κ3) is 64.1. The van der Waals surface area contributed by atoms with Crippen molar-refractivity contribution in [2.24, 2.45) is 5.41 Å². The summed E-state index contributed by atoms with van der Waals surface area (Å²) in [5.74, 6) is 0.697. The molecule has 3 atom stereocenters. The molecule has 1 heterocycles. The molecule has 0 saturated carbocycles. The zero-order valence-electron chi connectivity index (χ0n) is 64.3. The van der Waals surface area contributed by atoms with E-state index in [9.17, 15) is 19.5 Å². The number of unbranched alkanes of at least 4 members (excludes halogenated alkanes) is 12. The van der Waals surface area contributed by atoms with E-state index < -0.39 is 17.4 Å². The quantitative estimate of drug-likeness (QED) is 0.0269. The molecule has 0 aliphatic carbocycles. The van der Waals surface area contributed by atoms with Gasteiger partial charge in [-0.15, -0.1) is 12.3 Å². The lowest BCUT2D eigenvalue weighted by atomic mass is 9.79. The molecule has 1 amide bonds. The van der Waals surface area contributed by atoms with Crippen LogP contribution in [0.1, 0.15) is 129 Å². The van der Waals surface area contributed by atoms with E-state index in [0.717, 1.165) is 96.5 Å². The Hall–Kier alpha value is -2.79. The lowest BCUT2D eigenvalue weighted by Gasteiger charge is -2.34. The highest BCUT2D eigenvalue weighted by Gasteiger charge is 2.65. The smallest absolute Gasteiger partial charge is 0.331 e. The lowest BCUT2D eigenvalue weighted by molar-refractivity contribution is -0.853. The number of ether oxygens (including phenoxy) is 23. The van der Waals surface area contributed by atoms with E-state index in [-0.39, 0.29) is 22.9 Å².